The molecule has 1 fully saturated rings. The van der Waals surface area contributed by atoms with Gasteiger partial charge in [-0.15, -0.1) is 0 Å². The number of carbonyl (C=O) groups excluding carboxylic acids is 1. The van der Waals surface area contributed by atoms with Crippen LogP contribution in [0, 0.1) is 6.92 Å². The predicted octanol–water partition coefficient (Wildman–Crippen LogP) is 4.68. The Labute approximate surface area is 147 Å². The van der Waals surface area contributed by atoms with E-state index in [9.17, 15) is 4.79 Å². The molecule has 0 bridgehead atoms. The smallest absolute Gasteiger partial charge is 0.274 e. The van der Waals surface area contributed by atoms with Gasteiger partial charge in [0.15, 0.2) is 0 Å². The van der Waals surface area contributed by atoms with E-state index in [1.54, 1.807) is 6.20 Å². The first-order valence-corrected chi connectivity index (χ1v) is 8.80. The van der Waals surface area contributed by atoms with E-state index in [4.69, 9.17) is 11.6 Å². The van der Waals surface area contributed by atoms with Gasteiger partial charge < -0.3 is 10.2 Å². The van der Waals surface area contributed by atoms with E-state index in [2.05, 4.69) is 15.2 Å². The number of anilines is 2. The SMILES string of the molecule is Cc1c(Cl)cccc1NC(=O)c1cc(N2CCCCCC2)ccn1. The number of carbonyl (C=O) groups is 1. The molecule has 0 unspecified atom stereocenters. The largest absolute Gasteiger partial charge is 0.371 e. The molecule has 0 radical (unpaired) electrons. The molecule has 1 aromatic carbocycles. The molecule has 2 heterocycles. The molecule has 0 saturated carbocycles. The number of halogens is 1. The second-order valence-corrected chi connectivity index (χ2v) is 6.57. The Morgan fingerprint density at radius 1 is 1.17 bits per heavy atom. The summed E-state index contributed by atoms with van der Waals surface area (Å²) in [5.74, 6) is -0.211. The molecule has 24 heavy (non-hydrogen) atoms. The first kappa shape index (κ1) is 16.8. The average molecular weight is 344 g/mol. The normalized spacial score (nSPS) is 15.0. The summed E-state index contributed by atoms with van der Waals surface area (Å²) in [6.45, 7) is 3.97. The van der Waals surface area contributed by atoms with Crippen LogP contribution in [-0.2, 0) is 0 Å². The maximum absolute atomic E-state index is 12.5. The third kappa shape index (κ3) is 3.88. The minimum absolute atomic E-state index is 0.211. The maximum Gasteiger partial charge on any atom is 0.274 e. The fraction of sp³-hybridized carbons (Fsp3) is 0.368. The number of aromatic nitrogens is 1. The molecule has 1 N–H and O–H groups in total. The van der Waals surface area contributed by atoms with Gasteiger partial charge in [0.05, 0.1) is 0 Å². The number of nitrogens with one attached hydrogen (secondary N) is 1. The minimum Gasteiger partial charge on any atom is -0.371 e. The molecule has 126 valence electrons. The zero-order chi connectivity index (χ0) is 16.9. The van der Waals surface area contributed by atoms with Crippen molar-refractivity contribution >= 4 is 28.9 Å². The van der Waals surface area contributed by atoms with Crippen LogP contribution < -0.4 is 10.2 Å². The first-order valence-electron chi connectivity index (χ1n) is 8.42. The van der Waals surface area contributed by atoms with Crippen LogP contribution in [0.4, 0.5) is 11.4 Å². The standard InChI is InChI=1S/C19H22ClN3O/c1-14-16(20)7-6-8-17(14)22-19(24)18-13-15(9-10-21-18)23-11-4-2-3-5-12-23/h6-10,13H,2-5,11-12H2,1H3,(H,22,24). The molecular formula is C19H22ClN3O. The van der Waals surface area contributed by atoms with Crippen LogP contribution >= 0.6 is 11.6 Å². The molecule has 0 spiro atoms. The van der Waals surface area contributed by atoms with Crippen LogP contribution in [-0.4, -0.2) is 24.0 Å². The van der Waals surface area contributed by atoms with Crippen LogP contribution in [0.15, 0.2) is 36.5 Å². The lowest BCUT2D eigenvalue weighted by atomic mass is 10.2. The molecule has 1 amide bonds. The minimum atomic E-state index is -0.211. The van der Waals surface area contributed by atoms with Crippen molar-refractivity contribution in [3.63, 3.8) is 0 Å². The summed E-state index contributed by atoms with van der Waals surface area (Å²) in [5.41, 5.74) is 3.07. The number of benzene rings is 1. The van der Waals surface area contributed by atoms with Gasteiger partial charge >= 0.3 is 0 Å². The lowest BCUT2D eigenvalue weighted by Gasteiger charge is -2.22. The van der Waals surface area contributed by atoms with E-state index >= 15 is 0 Å². The van der Waals surface area contributed by atoms with E-state index in [1.807, 2.05) is 37.3 Å². The quantitative estimate of drug-likeness (QED) is 0.880. The Morgan fingerprint density at radius 3 is 2.67 bits per heavy atom. The zero-order valence-electron chi connectivity index (χ0n) is 13.9. The fourth-order valence-corrected chi connectivity index (χ4v) is 3.17. The molecule has 2 aromatic rings. The van der Waals surface area contributed by atoms with Crippen LogP contribution in [0.25, 0.3) is 0 Å². The van der Waals surface area contributed by atoms with Gasteiger partial charge in [-0.25, -0.2) is 0 Å². The van der Waals surface area contributed by atoms with Crippen LogP contribution in [0.5, 0.6) is 0 Å². The number of rotatable bonds is 3. The van der Waals surface area contributed by atoms with Crippen LogP contribution in [0.1, 0.15) is 41.7 Å². The predicted molar refractivity (Wildman–Crippen MR) is 99.1 cm³/mol. The van der Waals surface area contributed by atoms with E-state index < -0.39 is 0 Å². The number of nitrogens with zero attached hydrogens (tertiary/aromatic N) is 2. The molecule has 4 nitrogen and oxygen atoms in total. The molecule has 1 aliphatic heterocycles. The lowest BCUT2D eigenvalue weighted by molar-refractivity contribution is 0.102. The number of hydrogen-bond acceptors (Lipinski definition) is 3. The zero-order valence-corrected chi connectivity index (χ0v) is 14.6. The number of amides is 1. The van der Waals surface area contributed by atoms with Crippen molar-refractivity contribution in [1.82, 2.24) is 4.98 Å². The van der Waals surface area contributed by atoms with E-state index in [1.165, 1.54) is 25.7 Å². The summed E-state index contributed by atoms with van der Waals surface area (Å²) in [4.78, 5) is 19.1. The Balaban J connectivity index is 1.77. The van der Waals surface area contributed by atoms with Crippen molar-refractivity contribution in [2.75, 3.05) is 23.3 Å². The van der Waals surface area contributed by atoms with Gasteiger partial charge in [-0.3, -0.25) is 9.78 Å². The Hall–Kier alpha value is -2.07. The van der Waals surface area contributed by atoms with Crippen LogP contribution in [0.2, 0.25) is 5.02 Å². The number of pyridine rings is 1. The molecule has 3 rings (SSSR count). The van der Waals surface area contributed by atoms with Crippen molar-refractivity contribution in [2.24, 2.45) is 0 Å². The maximum atomic E-state index is 12.5. The Kier molecular flexibility index (Phi) is 5.36. The van der Waals surface area contributed by atoms with E-state index in [0.717, 1.165) is 30.0 Å². The van der Waals surface area contributed by atoms with Gasteiger partial charge in [-0.05, 0) is 49.6 Å². The number of hydrogen-bond donors (Lipinski definition) is 1. The van der Waals surface area contributed by atoms with Gasteiger partial charge in [0.2, 0.25) is 0 Å². The summed E-state index contributed by atoms with van der Waals surface area (Å²) < 4.78 is 0. The molecule has 1 aliphatic rings. The highest BCUT2D eigenvalue weighted by Crippen LogP contribution is 2.24. The molecule has 1 aromatic heterocycles. The Morgan fingerprint density at radius 2 is 1.92 bits per heavy atom. The monoisotopic (exact) mass is 343 g/mol. The van der Waals surface area contributed by atoms with Gasteiger partial charge in [-0.1, -0.05) is 30.5 Å². The van der Waals surface area contributed by atoms with Crippen molar-refractivity contribution in [1.29, 1.82) is 0 Å². The molecular weight excluding hydrogens is 322 g/mol. The summed E-state index contributed by atoms with van der Waals surface area (Å²) in [6.07, 6.45) is 6.67. The topological polar surface area (TPSA) is 45.2 Å². The van der Waals surface area contributed by atoms with Gasteiger partial charge in [0.25, 0.3) is 5.91 Å². The summed E-state index contributed by atoms with van der Waals surface area (Å²) >= 11 is 6.11. The summed E-state index contributed by atoms with van der Waals surface area (Å²) in [5, 5.41) is 3.54. The van der Waals surface area contributed by atoms with Crippen molar-refractivity contribution in [3.8, 4) is 0 Å². The molecule has 1 saturated heterocycles. The second-order valence-electron chi connectivity index (χ2n) is 6.17. The summed E-state index contributed by atoms with van der Waals surface area (Å²) in [7, 11) is 0. The molecule has 0 aliphatic carbocycles. The van der Waals surface area contributed by atoms with Crippen molar-refractivity contribution < 1.29 is 4.79 Å². The highest BCUT2D eigenvalue weighted by molar-refractivity contribution is 6.31. The first-order chi connectivity index (χ1) is 11.6. The average Bonchev–Trinajstić information content (AvgIpc) is 2.88. The summed E-state index contributed by atoms with van der Waals surface area (Å²) in [6, 6.07) is 9.34. The lowest BCUT2D eigenvalue weighted by Crippen LogP contribution is -2.24. The van der Waals surface area contributed by atoms with Gasteiger partial charge in [0, 0.05) is 35.7 Å². The van der Waals surface area contributed by atoms with Crippen LogP contribution in [0.3, 0.4) is 0 Å². The third-order valence-electron chi connectivity index (χ3n) is 4.46. The highest BCUT2D eigenvalue weighted by Gasteiger charge is 2.14. The third-order valence-corrected chi connectivity index (χ3v) is 4.87. The van der Waals surface area contributed by atoms with Gasteiger partial charge in [0.1, 0.15) is 5.69 Å². The molecule has 5 heteroatoms. The highest BCUT2D eigenvalue weighted by atomic mass is 35.5. The Bertz CT molecular complexity index is 724. The second kappa shape index (κ2) is 7.67. The van der Waals surface area contributed by atoms with Crippen molar-refractivity contribution in [2.45, 2.75) is 32.6 Å². The molecule has 0 atom stereocenters. The van der Waals surface area contributed by atoms with Crippen molar-refractivity contribution in [3.05, 3.63) is 52.8 Å². The fourth-order valence-electron chi connectivity index (χ4n) is 3.00. The van der Waals surface area contributed by atoms with E-state index in [0.29, 0.717) is 10.7 Å². The van der Waals surface area contributed by atoms with E-state index in [-0.39, 0.29) is 5.91 Å². The van der Waals surface area contributed by atoms with Gasteiger partial charge in [-0.2, -0.15) is 0 Å².